The second-order valence-corrected chi connectivity index (χ2v) is 11.1. The number of carbonyl (C=O) groups is 3. The van der Waals surface area contributed by atoms with Crippen LogP contribution in [0.3, 0.4) is 0 Å². The highest BCUT2D eigenvalue weighted by molar-refractivity contribution is 5.70. The molecule has 0 atom stereocenters. The van der Waals surface area contributed by atoms with Gasteiger partial charge in [0.25, 0.3) is 0 Å². The normalized spacial score (nSPS) is 13.1. The zero-order valence-electron chi connectivity index (χ0n) is 26.1. The molecule has 0 aromatic heterocycles. The van der Waals surface area contributed by atoms with Gasteiger partial charge in [0, 0.05) is 19.6 Å². The summed E-state index contributed by atoms with van der Waals surface area (Å²) in [6, 6.07) is 9.53. The molecule has 1 aliphatic rings. The zero-order valence-corrected chi connectivity index (χ0v) is 26.1. The highest BCUT2D eigenvalue weighted by atomic mass is 16.6. The highest BCUT2D eigenvalue weighted by Crippen LogP contribution is 2.11. The fourth-order valence-electron chi connectivity index (χ4n) is 3.94. The fraction of sp³-hybridized carbons (Fsp3) is 0.606. The molecule has 0 N–H and O–H groups in total. The Morgan fingerprint density at radius 3 is 1.91 bits per heavy atom. The first kappa shape index (κ1) is 36.1. The number of esters is 3. The maximum absolute atomic E-state index is 12.3. The molecule has 1 aromatic rings. The van der Waals surface area contributed by atoms with Crippen molar-refractivity contribution in [1.82, 2.24) is 4.90 Å². The van der Waals surface area contributed by atoms with Gasteiger partial charge in [0.1, 0.15) is 18.8 Å². The van der Waals surface area contributed by atoms with Crippen LogP contribution in [0.2, 0.25) is 0 Å². The second kappa shape index (κ2) is 21.6. The van der Waals surface area contributed by atoms with E-state index in [-0.39, 0.29) is 57.0 Å². The van der Waals surface area contributed by atoms with Gasteiger partial charge in [-0.2, -0.15) is 0 Å². The van der Waals surface area contributed by atoms with E-state index in [2.05, 4.69) is 12.2 Å². The molecule has 0 spiro atoms. The minimum Gasteiger partial charge on any atom is -0.461 e. The summed E-state index contributed by atoms with van der Waals surface area (Å²) in [6.45, 7) is 9.69. The van der Waals surface area contributed by atoms with Crippen LogP contribution in [0.4, 0.5) is 0 Å². The number of hydrogen-bond donors (Lipinski definition) is 0. The average Bonchev–Trinajstić information content (AvgIpc) is 2.98. The predicted molar refractivity (Wildman–Crippen MR) is 162 cm³/mol. The molecule has 240 valence electrons. The van der Waals surface area contributed by atoms with Gasteiger partial charge in [-0.25, -0.2) is 0 Å². The summed E-state index contributed by atoms with van der Waals surface area (Å²) >= 11 is 0. The van der Waals surface area contributed by atoms with Crippen LogP contribution in [0, 0.1) is 0 Å². The van der Waals surface area contributed by atoms with Crippen molar-refractivity contribution in [3.8, 4) is 0 Å². The van der Waals surface area contributed by atoms with E-state index in [0.717, 1.165) is 24.0 Å². The molecular formula is C33H49NO9. The molecule has 0 fully saturated rings. The molecule has 0 saturated carbocycles. The summed E-state index contributed by atoms with van der Waals surface area (Å²) in [5, 5.41) is 0. The van der Waals surface area contributed by atoms with Crippen molar-refractivity contribution in [2.75, 3.05) is 65.9 Å². The Kier molecular flexibility index (Phi) is 18.2. The Labute approximate surface area is 256 Å². The van der Waals surface area contributed by atoms with Gasteiger partial charge in [-0.15, -0.1) is 0 Å². The first-order valence-corrected chi connectivity index (χ1v) is 15.1. The molecule has 0 saturated heterocycles. The molecule has 10 heteroatoms. The third-order valence-corrected chi connectivity index (χ3v) is 6.14. The topological polar surface area (TPSA) is 110 Å². The van der Waals surface area contributed by atoms with Gasteiger partial charge in [0.2, 0.25) is 0 Å². The lowest BCUT2D eigenvalue weighted by Gasteiger charge is -2.21. The molecule has 2 rings (SSSR count). The number of benzene rings is 1. The second-order valence-electron chi connectivity index (χ2n) is 11.1. The van der Waals surface area contributed by atoms with Gasteiger partial charge >= 0.3 is 17.9 Å². The van der Waals surface area contributed by atoms with Crippen LogP contribution in [0.5, 0.6) is 0 Å². The van der Waals surface area contributed by atoms with Crippen molar-refractivity contribution < 1.29 is 42.8 Å². The van der Waals surface area contributed by atoms with Gasteiger partial charge in [-0.05, 0) is 44.7 Å². The van der Waals surface area contributed by atoms with Gasteiger partial charge < -0.3 is 28.4 Å². The first-order chi connectivity index (χ1) is 20.7. The van der Waals surface area contributed by atoms with Crippen molar-refractivity contribution in [3.05, 3.63) is 59.7 Å². The smallest absolute Gasteiger partial charge is 0.308 e. The minimum atomic E-state index is -0.498. The molecule has 43 heavy (non-hydrogen) atoms. The predicted octanol–water partition coefficient (Wildman–Crippen LogP) is 4.41. The Balaban J connectivity index is 1.61. The molecule has 0 heterocycles. The van der Waals surface area contributed by atoms with Crippen molar-refractivity contribution >= 4 is 17.9 Å². The number of nitrogens with zero attached hydrogens (tertiary/aromatic N) is 1. The third kappa shape index (κ3) is 19.7. The molecule has 0 bridgehead atoms. The molecule has 1 aliphatic carbocycles. The molecular weight excluding hydrogens is 554 g/mol. The van der Waals surface area contributed by atoms with Crippen LogP contribution < -0.4 is 0 Å². The van der Waals surface area contributed by atoms with Crippen molar-refractivity contribution in [1.29, 1.82) is 0 Å². The molecule has 10 nitrogen and oxygen atoms in total. The molecule has 0 aliphatic heterocycles. The number of rotatable bonds is 22. The maximum atomic E-state index is 12.3. The number of hydrogen-bond acceptors (Lipinski definition) is 10. The standard InChI is InChI=1S/C33H49NO9/c1-33(2,3)43-32(37)16-20-38-22-24-40-25-23-39-21-19-34(17-14-30(35)41-26-28-10-6-4-7-11-28)18-15-31(36)42-27-29-12-8-5-9-13-29/h4,6-8,10-13H,5,9,14-27H2,1-3H3. The van der Waals surface area contributed by atoms with Gasteiger partial charge in [-0.1, -0.05) is 48.6 Å². The SMILES string of the molecule is CC(C)(C)OC(=O)CCOCCOCCOCCN(CCC(=O)OCC1=CCCC=C1)CCC(=O)OCc1ccccc1. The van der Waals surface area contributed by atoms with Crippen LogP contribution >= 0.6 is 0 Å². The summed E-state index contributed by atoms with van der Waals surface area (Å²) in [4.78, 5) is 38.3. The van der Waals surface area contributed by atoms with E-state index in [0.29, 0.717) is 52.7 Å². The van der Waals surface area contributed by atoms with E-state index in [1.165, 1.54) is 0 Å². The number of ether oxygens (including phenoxy) is 6. The van der Waals surface area contributed by atoms with Crippen LogP contribution in [0.1, 0.15) is 58.4 Å². The van der Waals surface area contributed by atoms with Crippen LogP contribution in [-0.2, 0) is 49.4 Å². The summed E-state index contributed by atoms with van der Waals surface area (Å²) in [5.74, 6) is -0.861. The lowest BCUT2D eigenvalue weighted by Crippen LogP contribution is -2.33. The van der Waals surface area contributed by atoms with E-state index in [9.17, 15) is 14.4 Å². The summed E-state index contributed by atoms with van der Waals surface area (Å²) in [6.07, 6.45) is 8.76. The summed E-state index contributed by atoms with van der Waals surface area (Å²) in [7, 11) is 0. The van der Waals surface area contributed by atoms with Crippen LogP contribution in [0.15, 0.2) is 54.1 Å². The van der Waals surface area contributed by atoms with Gasteiger partial charge in [0.15, 0.2) is 0 Å². The Morgan fingerprint density at radius 1 is 0.698 bits per heavy atom. The van der Waals surface area contributed by atoms with E-state index >= 15 is 0 Å². The van der Waals surface area contributed by atoms with E-state index < -0.39 is 5.60 Å². The van der Waals surface area contributed by atoms with Crippen LogP contribution in [0.25, 0.3) is 0 Å². The summed E-state index contributed by atoms with van der Waals surface area (Å²) in [5.41, 5.74) is 1.45. The average molecular weight is 604 g/mol. The molecule has 0 radical (unpaired) electrons. The van der Waals surface area contributed by atoms with E-state index in [1.54, 1.807) is 0 Å². The fourth-order valence-corrected chi connectivity index (χ4v) is 3.94. The Morgan fingerprint density at radius 2 is 1.30 bits per heavy atom. The minimum absolute atomic E-state index is 0.203. The third-order valence-electron chi connectivity index (χ3n) is 6.14. The maximum Gasteiger partial charge on any atom is 0.308 e. The largest absolute Gasteiger partial charge is 0.461 e. The molecule has 0 amide bonds. The Bertz CT molecular complexity index is 1000. The van der Waals surface area contributed by atoms with E-state index in [1.807, 2.05) is 62.1 Å². The van der Waals surface area contributed by atoms with Gasteiger partial charge in [-0.3, -0.25) is 19.3 Å². The quantitative estimate of drug-likeness (QED) is 0.107. The molecule has 0 unspecified atom stereocenters. The van der Waals surface area contributed by atoms with Crippen molar-refractivity contribution in [2.24, 2.45) is 0 Å². The number of allylic oxidation sites excluding steroid dienone is 2. The number of carbonyl (C=O) groups excluding carboxylic acids is 3. The van der Waals surface area contributed by atoms with Gasteiger partial charge in [0.05, 0.1) is 58.9 Å². The monoisotopic (exact) mass is 603 g/mol. The molecule has 1 aromatic carbocycles. The Hall–Kier alpha value is -3.05. The highest BCUT2D eigenvalue weighted by Gasteiger charge is 2.16. The van der Waals surface area contributed by atoms with E-state index in [4.69, 9.17) is 28.4 Å². The van der Waals surface area contributed by atoms with Crippen molar-refractivity contribution in [2.45, 2.75) is 65.1 Å². The summed E-state index contributed by atoms with van der Waals surface area (Å²) < 4.78 is 32.7. The van der Waals surface area contributed by atoms with Crippen LogP contribution in [-0.4, -0.2) is 94.3 Å². The van der Waals surface area contributed by atoms with Crippen molar-refractivity contribution in [3.63, 3.8) is 0 Å². The first-order valence-electron chi connectivity index (χ1n) is 15.1. The lowest BCUT2D eigenvalue weighted by molar-refractivity contribution is -0.156. The lowest BCUT2D eigenvalue weighted by atomic mass is 10.1. The zero-order chi connectivity index (χ0) is 31.2.